The van der Waals surface area contributed by atoms with Crippen molar-refractivity contribution in [2.24, 2.45) is 11.3 Å². The number of hydrogen-bond donors (Lipinski definition) is 3. The van der Waals surface area contributed by atoms with E-state index in [0.29, 0.717) is 16.5 Å². The fourth-order valence-electron chi connectivity index (χ4n) is 3.70. The van der Waals surface area contributed by atoms with Crippen molar-refractivity contribution in [2.45, 2.75) is 53.4 Å². The molecule has 6 nitrogen and oxygen atoms in total. The Bertz CT molecular complexity index is 942. The quantitative estimate of drug-likeness (QED) is 0.648. The van der Waals surface area contributed by atoms with Crippen LogP contribution in [0.1, 0.15) is 59.8 Å². The lowest BCUT2D eigenvalue weighted by Gasteiger charge is -2.33. The summed E-state index contributed by atoms with van der Waals surface area (Å²) in [6.07, 6.45) is 3.30. The highest BCUT2D eigenvalue weighted by molar-refractivity contribution is 7.14. The van der Waals surface area contributed by atoms with Crippen LogP contribution in [0.5, 0.6) is 0 Å². The number of anilines is 1. The average molecular weight is 428 g/mol. The third-order valence-corrected chi connectivity index (χ3v) is 6.72. The van der Waals surface area contributed by atoms with E-state index in [-0.39, 0.29) is 29.6 Å². The molecule has 3 amide bonds. The van der Waals surface area contributed by atoms with Gasteiger partial charge in [-0.25, -0.2) is 0 Å². The van der Waals surface area contributed by atoms with E-state index in [1.165, 1.54) is 28.7 Å². The van der Waals surface area contributed by atoms with Gasteiger partial charge in [0, 0.05) is 17.5 Å². The number of fused-ring (bicyclic) bond motifs is 1. The smallest absolute Gasteiger partial charge is 0.279 e. The molecule has 0 saturated heterocycles. The van der Waals surface area contributed by atoms with Gasteiger partial charge in [-0.3, -0.25) is 25.2 Å². The minimum Gasteiger partial charge on any atom is -0.326 e. The lowest BCUT2D eigenvalue weighted by Crippen LogP contribution is -2.42. The molecule has 30 heavy (non-hydrogen) atoms. The molecule has 3 rings (SSSR count). The summed E-state index contributed by atoms with van der Waals surface area (Å²) in [4.78, 5) is 37.6. The molecule has 0 bridgehead atoms. The van der Waals surface area contributed by atoms with Crippen molar-refractivity contribution < 1.29 is 14.4 Å². The fraction of sp³-hybridized carbons (Fsp3) is 0.435. The number of carbonyl (C=O) groups excluding carboxylic acids is 3. The van der Waals surface area contributed by atoms with Crippen LogP contribution in [0.2, 0.25) is 0 Å². The van der Waals surface area contributed by atoms with Crippen LogP contribution in [0.25, 0.3) is 0 Å². The number of carbonyl (C=O) groups is 3. The second-order valence-electron chi connectivity index (χ2n) is 8.92. The molecule has 1 aliphatic carbocycles. The molecule has 2 aromatic rings. The van der Waals surface area contributed by atoms with Gasteiger partial charge >= 0.3 is 0 Å². The number of hydrogen-bond acceptors (Lipinski definition) is 4. The zero-order valence-electron chi connectivity index (χ0n) is 17.9. The molecule has 1 heterocycles. The van der Waals surface area contributed by atoms with Crippen molar-refractivity contribution in [3.63, 3.8) is 0 Å². The topological polar surface area (TPSA) is 87.3 Å². The normalized spacial score (nSPS) is 15.8. The van der Waals surface area contributed by atoms with E-state index in [0.717, 1.165) is 24.8 Å². The molecule has 1 aromatic heterocycles. The Labute approximate surface area is 181 Å². The van der Waals surface area contributed by atoms with Crippen molar-refractivity contribution in [2.75, 3.05) is 5.32 Å². The van der Waals surface area contributed by atoms with Gasteiger partial charge in [0.25, 0.3) is 5.91 Å². The van der Waals surface area contributed by atoms with Gasteiger partial charge in [-0.15, -0.1) is 11.3 Å². The molecule has 0 spiro atoms. The summed E-state index contributed by atoms with van der Waals surface area (Å²) in [5.41, 5.74) is 8.00. The van der Waals surface area contributed by atoms with Gasteiger partial charge in [0.15, 0.2) is 0 Å². The Balaban J connectivity index is 1.52. The van der Waals surface area contributed by atoms with E-state index >= 15 is 0 Å². The molecular weight excluding hydrogens is 398 g/mol. The summed E-state index contributed by atoms with van der Waals surface area (Å²) < 4.78 is 0. The van der Waals surface area contributed by atoms with Crippen LogP contribution in [0, 0.1) is 11.3 Å². The van der Waals surface area contributed by atoms with Crippen molar-refractivity contribution in [1.29, 1.82) is 0 Å². The minimum absolute atomic E-state index is 0.134. The first-order chi connectivity index (χ1) is 14.1. The van der Waals surface area contributed by atoms with E-state index in [2.05, 4.69) is 36.9 Å². The van der Waals surface area contributed by atoms with Crippen LogP contribution in [0.15, 0.2) is 30.3 Å². The summed E-state index contributed by atoms with van der Waals surface area (Å²) in [7, 11) is 0. The first kappa shape index (κ1) is 22.0. The largest absolute Gasteiger partial charge is 0.326 e. The molecule has 1 unspecified atom stereocenters. The second kappa shape index (κ2) is 9.00. The van der Waals surface area contributed by atoms with Crippen molar-refractivity contribution in [3.05, 3.63) is 51.2 Å². The van der Waals surface area contributed by atoms with Crippen LogP contribution in [-0.2, 0) is 28.9 Å². The predicted octanol–water partition coefficient (Wildman–Crippen LogP) is 3.86. The van der Waals surface area contributed by atoms with Gasteiger partial charge in [-0.05, 0) is 59.9 Å². The number of benzene rings is 1. The summed E-state index contributed by atoms with van der Waals surface area (Å²) in [5.74, 6) is -0.111. The minimum atomic E-state index is -0.301. The van der Waals surface area contributed by atoms with Crippen LogP contribution in [-0.4, -0.2) is 17.7 Å². The van der Waals surface area contributed by atoms with Gasteiger partial charge in [-0.2, -0.15) is 0 Å². The van der Waals surface area contributed by atoms with E-state index < -0.39 is 0 Å². The van der Waals surface area contributed by atoms with Crippen molar-refractivity contribution >= 4 is 34.7 Å². The van der Waals surface area contributed by atoms with Crippen molar-refractivity contribution in [3.8, 4) is 0 Å². The van der Waals surface area contributed by atoms with Crippen LogP contribution in [0.4, 0.5) is 5.69 Å². The lowest BCUT2D eigenvalue weighted by atomic mass is 9.72. The molecule has 3 N–H and O–H groups in total. The van der Waals surface area contributed by atoms with Crippen LogP contribution in [0.3, 0.4) is 0 Å². The maximum Gasteiger partial charge on any atom is 0.279 e. The van der Waals surface area contributed by atoms with E-state index in [4.69, 9.17) is 0 Å². The highest BCUT2D eigenvalue weighted by atomic mass is 32.1. The Morgan fingerprint density at radius 2 is 1.80 bits per heavy atom. The zero-order valence-corrected chi connectivity index (χ0v) is 18.7. The first-order valence-corrected chi connectivity index (χ1v) is 11.0. The van der Waals surface area contributed by atoms with E-state index in [1.807, 2.05) is 6.07 Å². The van der Waals surface area contributed by atoms with Gasteiger partial charge in [0.2, 0.25) is 11.8 Å². The number of rotatable bonds is 4. The number of thiophene rings is 1. The van der Waals surface area contributed by atoms with Crippen LogP contribution >= 0.6 is 11.3 Å². The Kier molecular flexibility index (Phi) is 6.61. The lowest BCUT2D eigenvalue weighted by molar-refractivity contribution is -0.121. The third kappa shape index (κ3) is 5.69. The number of nitrogens with one attached hydrogen (secondary N) is 3. The number of amides is 3. The zero-order chi connectivity index (χ0) is 21.9. The van der Waals surface area contributed by atoms with Gasteiger partial charge < -0.3 is 5.32 Å². The molecule has 0 radical (unpaired) electrons. The summed E-state index contributed by atoms with van der Waals surface area (Å²) in [6.45, 7) is 8.25. The molecule has 1 aliphatic rings. The highest BCUT2D eigenvalue weighted by Gasteiger charge is 2.30. The molecule has 1 aromatic carbocycles. The summed E-state index contributed by atoms with van der Waals surface area (Å²) in [6, 6.07) is 8.99. The maximum absolute atomic E-state index is 12.5. The maximum atomic E-state index is 12.5. The predicted molar refractivity (Wildman–Crippen MR) is 119 cm³/mol. The average Bonchev–Trinajstić information content (AvgIpc) is 3.10. The molecule has 0 aliphatic heterocycles. The SMILES string of the molecule is CC(=O)Nc1ccc(CC(=O)NNC(=O)c2cc3c(s2)CCC(C(C)(C)C)C3)cc1. The standard InChI is InChI=1S/C23H29N3O3S/c1-14(27)24-18-8-5-15(6-9-18)11-21(28)25-26-22(29)20-13-16-12-17(23(2,3)4)7-10-19(16)30-20/h5-6,8-9,13,17H,7,10-12H2,1-4H3,(H,24,27)(H,25,28)(H,26,29). The number of hydrazine groups is 1. The molecule has 0 saturated carbocycles. The molecule has 1 atom stereocenters. The highest BCUT2D eigenvalue weighted by Crippen LogP contribution is 2.40. The second-order valence-corrected chi connectivity index (χ2v) is 10.1. The molecule has 160 valence electrons. The van der Waals surface area contributed by atoms with E-state index in [1.54, 1.807) is 24.3 Å². The van der Waals surface area contributed by atoms with Crippen LogP contribution < -0.4 is 16.2 Å². The fourth-order valence-corrected chi connectivity index (χ4v) is 4.81. The van der Waals surface area contributed by atoms with Crippen molar-refractivity contribution in [1.82, 2.24) is 10.9 Å². The van der Waals surface area contributed by atoms with E-state index in [9.17, 15) is 14.4 Å². The molecule has 7 heteroatoms. The Morgan fingerprint density at radius 1 is 1.10 bits per heavy atom. The summed E-state index contributed by atoms with van der Waals surface area (Å²) >= 11 is 1.52. The van der Waals surface area contributed by atoms with Gasteiger partial charge in [0.1, 0.15) is 0 Å². The Morgan fingerprint density at radius 3 is 2.43 bits per heavy atom. The first-order valence-electron chi connectivity index (χ1n) is 10.2. The Hall–Kier alpha value is -2.67. The summed E-state index contributed by atoms with van der Waals surface area (Å²) in [5, 5.41) is 2.68. The molecular formula is C23H29N3O3S. The monoisotopic (exact) mass is 427 g/mol. The number of aryl methyl sites for hydroxylation is 1. The van der Waals surface area contributed by atoms with Gasteiger partial charge in [0.05, 0.1) is 11.3 Å². The molecule has 0 fully saturated rings. The van der Waals surface area contributed by atoms with Gasteiger partial charge in [-0.1, -0.05) is 32.9 Å². The third-order valence-electron chi connectivity index (χ3n) is 5.49.